The van der Waals surface area contributed by atoms with Crippen molar-refractivity contribution in [2.45, 2.75) is 31.3 Å². The molecule has 0 aromatic carbocycles. The van der Waals surface area contributed by atoms with Gasteiger partial charge < -0.3 is 4.98 Å². The van der Waals surface area contributed by atoms with Gasteiger partial charge in [-0.2, -0.15) is 0 Å². The van der Waals surface area contributed by atoms with Crippen LogP contribution in [0.1, 0.15) is 19.2 Å². The Morgan fingerprint density at radius 1 is 1.67 bits per heavy atom. The number of hydrogen-bond acceptors (Lipinski definition) is 3. The van der Waals surface area contributed by atoms with Crippen LogP contribution >= 0.6 is 15.9 Å². The van der Waals surface area contributed by atoms with Crippen molar-refractivity contribution in [3.63, 3.8) is 0 Å². The lowest BCUT2D eigenvalue weighted by molar-refractivity contribution is 0.556. The quantitative estimate of drug-likeness (QED) is 0.801. The number of nitrogens with zero attached hydrogens (tertiary/aromatic N) is 1. The SMILES string of the molecule is CCC(CBr)NS(=O)(=O)c1cnc(C)[nH]1. The van der Waals surface area contributed by atoms with Gasteiger partial charge in [0, 0.05) is 11.4 Å². The van der Waals surface area contributed by atoms with Crippen molar-refractivity contribution < 1.29 is 8.42 Å². The van der Waals surface area contributed by atoms with Gasteiger partial charge in [-0.15, -0.1) is 0 Å². The number of nitrogens with one attached hydrogen (secondary N) is 2. The van der Waals surface area contributed by atoms with Crippen molar-refractivity contribution in [2.75, 3.05) is 5.33 Å². The summed E-state index contributed by atoms with van der Waals surface area (Å²) in [7, 11) is -3.46. The van der Waals surface area contributed by atoms with Crippen LogP contribution in [0.3, 0.4) is 0 Å². The Hall–Kier alpha value is -0.400. The maximum absolute atomic E-state index is 11.8. The third-order valence-electron chi connectivity index (χ3n) is 1.97. The van der Waals surface area contributed by atoms with E-state index in [0.717, 1.165) is 6.42 Å². The van der Waals surface area contributed by atoms with E-state index in [1.165, 1.54) is 6.20 Å². The highest BCUT2D eigenvalue weighted by molar-refractivity contribution is 9.09. The minimum atomic E-state index is -3.46. The fourth-order valence-corrected chi connectivity index (χ4v) is 3.17. The van der Waals surface area contributed by atoms with Gasteiger partial charge in [0.25, 0.3) is 10.0 Å². The largest absolute Gasteiger partial charge is 0.332 e. The maximum Gasteiger partial charge on any atom is 0.257 e. The molecule has 0 amide bonds. The van der Waals surface area contributed by atoms with Crippen molar-refractivity contribution in [3.05, 3.63) is 12.0 Å². The third-order valence-corrected chi connectivity index (χ3v) is 4.18. The summed E-state index contributed by atoms with van der Waals surface area (Å²) in [4.78, 5) is 6.55. The minimum Gasteiger partial charge on any atom is -0.332 e. The predicted octanol–water partition coefficient (Wildman–Crippen LogP) is 1.17. The van der Waals surface area contributed by atoms with Crippen LogP contribution in [0.25, 0.3) is 0 Å². The molecule has 0 saturated carbocycles. The lowest BCUT2D eigenvalue weighted by atomic mass is 10.3. The van der Waals surface area contributed by atoms with Crippen molar-refractivity contribution >= 4 is 26.0 Å². The first kappa shape index (κ1) is 12.7. The van der Waals surface area contributed by atoms with E-state index < -0.39 is 10.0 Å². The van der Waals surface area contributed by atoms with E-state index >= 15 is 0 Å². The summed E-state index contributed by atoms with van der Waals surface area (Å²) < 4.78 is 26.1. The van der Waals surface area contributed by atoms with Crippen LogP contribution in [0.15, 0.2) is 11.2 Å². The Morgan fingerprint density at radius 3 is 2.73 bits per heavy atom. The summed E-state index contributed by atoms with van der Waals surface area (Å²) in [6.45, 7) is 3.63. The predicted molar refractivity (Wildman–Crippen MR) is 61.5 cm³/mol. The highest BCUT2D eigenvalue weighted by atomic mass is 79.9. The number of rotatable bonds is 5. The number of halogens is 1. The van der Waals surface area contributed by atoms with Gasteiger partial charge in [-0.25, -0.2) is 18.1 Å². The van der Waals surface area contributed by atoms with Crippen molar-refractivity contribution in [1.29, 1.82) is 0 Å². The van der Waals surface area contributed by atoms with E-state index in [1.54, 1.807) is 6.92 Å². The highest BCUT2D eigenvalue weighted by Crippen LogP contribution is 2.07. The van der Waals surface area contributed by atoms with Crippen molar-refractivity contribution in [3.8, 4) is 0 Å². The first-order valence-electron chi connectivity index (χ1n) is 4.59. The second kappa shape index (κ2) is 5.09. The van der Waals surface area contributed by atoms with Gasteiger partial charge in [0.05, 0.1) is 6.20 Å². The average molecular weight is 296 g/mol. The Labute approximate surface area is 97.9 Å². The smallest absolute Gasteiger partial charge is 0.257 e. The lowest BCUT2D eigenvalue weighted by Gasteiger charge is -2.12. The van der Waals surface area contributed by atoms with Crippen LogP contribution in [0.4, 0.5) is 0 Å². The molecule has 0 saturated heterocycles. The number of imidazole rings is 1. The molecule has 15 heavy (non-hydrogen) atoms. The van der Waals surface area contributed by atoms with E-state index in [4.69, 9.17) is 0 Å². The number of aromatic nitrogens is 2. The number of alkyl halides is 1. The molecule has 1 rings (SSSR count). The minimum absolute atomic E-state index is 0.0985. The summed E-state index contributed by atoms with van der Waals surface area (Å²) in [5.41, 5.74) is 0. The molecule has 0 fully saturated rings. The number of hydrogen-bond donors (Lipinski definition) is 2. The van der Waals surface area contributed by atoms with Crippen LogP contribution < -0.4 is 4.72 Å². The molecule has 1 atom stereocenters. The van der Waals surface area contributed by atoms with E-state index in [2.05, 4.69) is 30.6 Å². The monoisotopic (exact) mass is 295 g/mol. The number of aromatic amines is 1. The molecule has 2 N–H and O–H groups in total. The maximum atomic E-state index is 11.8. The third kappa shape index (κ3) is 3.29. The normalized spacial score (nSPS) is 14.1. The van der Waals surface area contributed by atoms with Crippen LogP contribution in [0.2, 0.25) is 0 Å². The lowest BCUT2D eigenvalue weighted by Crippen LogP contribution is -2.35. The molecule has 1 unspecified atom stereocenters. The zero-order chi connectivity index (χ0) is 11.5. The van der Waals surface area contributed by atoms with Crippen molar-refractivity contribution in [2.24, 2.45) is 0 Å². The van der Waals surface area contributed by atoms with Gasteiger partial charge >= 0.3 is 0 Å². The zero-order valence-electron chi connectivity index (χ0n) is 8.62. The molecule has 0 spiro atoms. The van der Waals surface area contributed by atoms with Gasteiger partial charge in [0.2, 0.25) is 0 Å². The summed E-state index contributed by atoms with van der Waals surface area (Å²) in [5.74, 6) is 0.585. The Kier molecular flexibility index (Phi) is 4.30. The van der Waals surface area contributed by atoms with Gasteiger partial charge in [0.15, 0.2) is 5.03 Å². The zero-order valence-corrected chi connectivity index (χ0v) is 11.0. The van der Waals surface area contributed by atoms with Gasteiger partial charge in [0.1, 0.15) is 5.82 Å². The van der Waals surface area contributed by atoms with E-state index in [9.17, 15) is 8.42 Å². The molecular weight excluding hydrogens is 282 g/mol. The molecule has 0 aliphatic carbocycles. The molecule has 0 aliphatic rings. The molecular formula is C8H14BrN3O2S. The average Bonchev–Trinajstić information content (AvgIpc) is 2.62. The number of aryl methyl sites for hydroxylation is 1. The fourth-order valence-electron chi connectivity index (χ4n) is 1.04. The number of H-pyrrole nitrogens is 1. The van der Waals surface area contributed by atoms with E-state index in [0.29, 0.717) is 11.2 Å². The fraction of sp³-hybridized carbons (Fsp3) is 0.625. The number of sulfonamides is 1. The standard InChI is InChI=1S/C8H14BrN3O2S/c1-3-7(4-9)12-15(13,14)8-5-10-6(2)11-8/h5,7,12H,3-4H2,1-2H3,(H,10,11). The van der Waals surface area contributed by atoms with E-state index in [-0.39, 0.29) is 11.1 Å². The second-order valence-corrected chi connectivity index (χ2v) is 5.54. The molecule has 1 aromatic rings. The first-order valence-corrected chi connectivity index (χ1v) is 7.20. The molecule has 7 heteroatoms. The van der Waals surface area contributed by atoms with Gasteiger partial charge in [-0.3, -0.25) is 0 Å². The van der Waals surface area contributed by atoms with Crippen LogP contribution in [-0.2, 0) is 10.0 Å². The highest BCUT2D eigenvalue weighted by Gasteiger charge is 2.19. The Bertz CT molecular complexity index is 411. The molecule has 0 radical (unpaired) electrons. The summed E-state index contributed by atoms with van der Waals surface area (Å²) in [6.07, 6.45) is 2.05. The summed E-state index contributed by atoms with van der Waals surface area (Å²) >= 11 is 3.25. The molecule has 0 bridgehead atoms. The van der Waals surface area contributed by atoms with Gasteiger partial charge in [-0.1, -0.05) is 22.9 Å². The van der Waals surface area contributed by atoms with Crippen LogP contribution in [0.5, 0.6) is 0 Å². The first-order chi connectivity index (χ1) is 6.99. The Morgan fingerprint density at radius 2 is 2.33 bits per heavy atom. The molecule has 0 aliphatic heterocycles. The van der Waals surface area contributed by atoms with Gasteiger partial charge in [-0.05, 0) is 13.3 Å². The molecule has 5 nitrogen and oxygen atoms in total. The Balaban J connectivity index is 2.84. The molecule has 1 aromatic heterocycles. The van der Waals surface area contributed by atoms with Crippen molar-refractivity contribution in [1.82, 2.24) is 14.7 Å². The molecule has 86 valence electrons. The van der Waals surface area contributed by atoms with E-state index in [1.807, 2.05) is 6.92 Å². The van der Waals surface area contributed by atoms with Crippen LogP contribution in [-0.4, -0.2) is 29.8 Å². The summed E-state index contributed by atoms with van der Waals surface area (Å²) in [5, 5.41) is 0.704. The molecule has 1 heterocycles. The summed E-state index contributed by atoms with van der Waals surface area (Å²) in [6, 6.07) is -0.0985. The second-order valence-electron chi connectivity index (χ2n) is 3.21. The topological polar surface area (TPSA) is 74.8 Å². The van der Waals surface area contributed by atoms with Crippen LogP contribution in [0, 0.1) is 6.92 Å².